The van der Waals surface area contributed by atoms with E-state index < -0.39 is 6.04 Å². The monoisotopic (exact) mass is 153 g/mol. The van der Waals surface area contributed by atoms with Crippen LogP contribution >= 0.6 is 12.4 Å². The minimum Gasteiger partial charge on any atom is -0.355 e. The van der Waals surface area contributed by atoms with Gasteiger partial charge in [-0.15, -0.1) is 12.4 Å². The summed E-state index contributed by atoms with van der Waals surface area (Å²) in [5.74, 6) is -0.192. The molecule has 0 aliphatic heterocycles. The summed E-state index contributed by atoms with van der Waals surface area (Å²) in [6.45, 7) is 2.21. The molecule has 3 nitrogen and oxygen atoms in total. The van der Waals surface area contributed by atoms with Gasteiger partial charge in [-0.25, -0.2) is 0 Å². The van der Waals surface area contributed by atoms with Crippen LogP contribution in [0.15, 0.2) is 0 Å². The van der Waals surface area contributed by atoms with Crippen LogP contribution in [0.25, 0.3) is 0 Å². The number of rotatable bonds is 2. The van der Waals surface area contributed by atoms with Gasteiger partial charge in [0.15, 0.2) is 0 Å². The second-order valence-electron chi connectivity index (χ2n) is 1.58. The summed E-state index contributed by atoms with van der Waals surface area (Å²) in [5, 5.41) is 2.48. The topological polar surface area (TPSA) is 55.1 Å². The molecule has 1 amide bonds. The van der Waals surface area contributed by atoms with E-state index >= 15 is 0 Å². The molecule has 0 heterocycles. The molecule has 3 N–H and O–H groups in total. The van der Waals surface area contributed by atoms with Gasteiger partial charge in [0.05, 0.1) is 6.04 Å². The number of nitrogens with one attached hydrogen (secondary N) is 1. The fourth-order valence-corrected chi connectivity index (χ4v) is 0.284. The van der Waals surface area contributed by atoms with Crippen molar-refractivity contribution in [2.24, 2.45) is 5.73 Å². The summed E-state index contributed by atoms with van der Waals surface area (Å²) in [6.07, 6.45) is 0. The molecule has 0 aliphatic rings. The molecule has 0 aliphatic carbocycles. The van der Waals surface area contributed by atoms with E-state index in [2.05, 4.69) is 5.32 Å². The van der Waals surface area contributed by atoms with Gasteiger partial charge >= 0.3 is 0 Å². The zero-order valence-electron chi connectivity index (χ0n) is 6.39. The Morgan fingerprint density at radius 2 is 2.56 bits per heavy atom. The Bertz CT molecular complexity index is 99.6. The molecule has 0 bridgehead atoms. The van der Waals surface area contributed by atoms with Crippen LogP contribution in [0.2, 0.25) is 0 Å². The maximum atomic E-state index is 10.6. The largest absolute Gasteiger partial charge is 0.355 e. The van der Waals surface area contributed by atoms with Crippen molar-refractivity contribution in [1.82, 2.24) is 5.32 Å². The van der Waals surface area contributed by atoms with E-state index in [0.717, 1.165) is 0 Å². The van der Waals surface area contributed by atoms with Crippen LogP contribution in [-0.4, -0.2) is 18.5 Å². The molecule has 0 aromatic carbocycles. The average molecular weight is 154 g/mol. The van der Waals surface area contributed by atoms with Gasteiger partial charge in [0.1, 0.15) is 0 Å². The summed E-state index contributed by atoms with van der Waals surface area (Å²) in [7, 11) is 0. The number of hydrogen-bond acceptors (Lipinski definition) is 2. The highest BCUT2D eigenvalue weighted by Crippen LogP contribution is 1.71. The first-order valence-electron chi connectivity index (χ1n) is 3.21. The Balaban J connectivity index is 0. The summed E-state index contributed by atoms with van der Waals surface area (Å²) in [6, 6.07) is -0.462. The molecule has 4 heteroatoms. The minimum absolute atomic E-state index is 0. The lowest BCUT2D eigenvalue weighted by Crippen LogP contribution is -2.37. The molecule has 56 valence electrons. The minimum atomic E-state index is -0.462. The summed E-state index contributed by atoms with van der Waals surface area (Å²) in [5.41, 5.74) is 5.20. The fourth-order valence-electron chi connectivity index (χ4n) is 0.284. The molecule has 0 radical (unpaired) electrons. The van der Waals surface area contributed by atoms with Gasteiger partial charge in [0, 0.05) is 7.92 Å². The van der Waals surface area contributed by atoms with Crippen LogP contribution in [0.4, 0.5) is 0 Å². The van der Waals surface area contributed by atoms with E-state index in [9.17, 15) is 4.79 Å². The molecule has 0 unspecified atom stereocenters. The highest BCUT2D eigenvalue weighted by atomic mass is 35.5. The number of hydrogen-bond donors (Lipinski definition) is 2. The maximum absolute atomic E-state index is 10.6. The lowest BCUT2D eigenvalue weighted by molar-refractivity contribution is -0.121. The Labute approximate surface area is 62.8 Å². The van der Waals surface area contributed by atoms with Crippen LogP contribution in [0, 0.1) is 0 Å². The third-order valence-electron chi connectivity index (χ3n) is 0.713. The van der Waals surface area contributed by atoms with Crippen LogP contribution < -0.4 is 11.1 Å². The van der Waals surface area contributed by atoms with Crippen molar-refractivity contribution in [2.75, 3.05) is 6.54 Å². The van der Waals surface area contributed by atoms with Crippen LogP contribution in [0.3, 0.4) is 0 Å². The average Bonchev–Trinajstić information content (AvgIpc) is 1.82. The molecule has 0 saturated carbocycles. The second-order valence-corrected chi connectivity index (χ2v) is 1.58. The smallest absolute Gasteiger partial charge is 0.236 e. The Morgan fingerprint density at radius 3 is 2.89 bits per heavy atom. The molecule has 0 fully saturated rings. The zero-order chi connectivity index (χ0) is 7.28. The highest BCUT2D eigenvalue weighted by molar-refractivity contribution is 5.85. The molecule has 1 atom stereocenters. The van der Waals surface area contributed by atoms with E-state index in [0.29, 0.717) is 6.54 Å². The number of likely N-dealkylation sites (N-methyl/N-ethyl adjacent to an activating group) is 1. The normalized spacial score (nSPS) is 12.9. The van der Waals surface area contributed by atoms with Crippen LogP contribution in [0.5, 0.6) is 0 Å². The molecular formula is C5H13ClN2O. The quantitative estimate of drug-likeness (QED) is 0.582. The van der Waals surface area contributed by atoms with E-state index in [1.165, 1.54) is 0 Å². The first-order valence-corrected chi connectivity index (χ1v) is 2.51. The van der Waals surface area contributed by atoms with Crippen molar-refractivity contribution >= 4 is 18.3 Å². The van der Waals surface area contributed by atoms with Gasteiger partial charge in [-0.2, -0.15) is 0 Å². The number of halogens is 1. The van der Waals surface area contributed by atoms with Crippen LogP contribution in [-0.2, 0) is 4.79 Å². The van der Waals surface area contributed by atoms with Gasteiger partial charge in [0.2, 0.25) is 5.91 Å². The van der Waals surface area contributed by atoms with Gasteiger partial charge in [-0.1, -0.05) is 0 Å². The number of amides is 1. The first-order chi connectivity index (χ1) is 4.18. The molecule has 0 spiro atoms. The predicted molar refractivity (Wildman–Crippen MR) is 39.6 cm³/mol. The standard InChI is InChI=1S/C5H12N2O.ClH/c1-3-7-5(8)4(2)6;/h4H,3,6H2,1-2H3,(H,7,8);1H/t4-;/m0./s1/i1D;. The SMILES string of the molecule is Cl.[2H]CCNC(=O)[C@H](C)N. The molecule has 0 saturated heterocycles. The van der Waals surface area contributed by atoms with E-state index in [1.807, 2.05) is 0 Å². The molecule has 0 rings (SSSR count). The Kier molecular flexibility index (Phi) is 5.67. The van der Waals surface area contributed by atoms with E-state index in [1.54, 1.807) is 6.92 Å². The fraction of sp³-hybridized carbons (Fsp3) is 0.800. The zero-order valence-corrected chi connectivity index (χ0v) is 6.20. The van der Waals surface area contributed by atoms with Crippen molar-refractivity contribution < 1.29 is 6.17 Å². The van der Waals surface area contributed by atoms with Crippen molar-refractivity contribution in [3.8, 4) is 0 Å². The highest BCUT2D eigenvalue weighted by Gasteiger charge is 2.02. The number of carbonyl (C=O) groups excluding carboxylic acids is 1. The number of nitrogens with two attached hydrogens (primary N) is 1. The third kappa shape index (κ3) is 5.59. The van der Waals surface area contributed by atoms with Crippen molar-refractivity contribution in [2.45, 2.75) is 19.9 Å². The lowest BCUT2D eigenvalue weighted by Gasteiger charge is -2.02. The maximum Gasteiger partial charge on any atom is 0.236 e. The van der Waals surface area contributed by atoms with Crippen molar-refractivity contribution in [3.63, 3.8) is 0 Å². The van der Waals surface area contributed by atoms with Gasteiger partial charge in [-0.05, 0) is 13.8 Å². The molecule has 0 aromatic rings. The molecule has 0 aromatic heterocycles. The summed E-state index contributed by atoms with van der Waals surface area (Å²) in [4.78, 5) is 10.6. The van der Waals surface area contributed by atoms with Gasteiger partial charge in [0.25, 0.3) is 0 Å². The van der Waals surface area contributed by atoms with Gasteiger partial charge < -0.3 is 11.1 Å². The Hall–Kier alpha value is -0.280. The first kappa shape index (κ1) is 8.72. The van der Waals surface area contributed by atoms with E-state index in [4.69, 9.17) is 7.10 Å². The molecular weight excluding hydrogens is 140 g/mol. The van der Waals surface area contributed by atoms with Crippen LogP contribution in [0.1, 0.15) is 15.2 Å². The second kappa shape index (κ2) is 5.85. The number of carbonyl (C=O) groups is 1. The van der Waals surface area contributed by atoms with Gasteiger partial charge in [-0.3, -0.25) is 4.79 Å². The van der Waals surface area contributed by atoms with Crippen molar-refractivity contribution in [3.05, 3.63) is 0 Å². The summed E-state index contributed by atoms with van der Waals surface area (Å²) >= 11 is 0. The lowest BCUT2D eigenvalue weighted by atomic mass is 10.3. The molecule has 9 heavy (non-hydrogen) atoms. The summed E-state index contributed by atoms with van der Waals surface area (Å²) < 4.78 is 6.68. The van der Waals surface area contributed by atoms with E-state index in [-0.39, 0.29) is 25.2 Å². The van der Waals surface area contributed by atoms with Crippen molar-refractivity contribution in [1.29, 1.82) is 0 Å². The third-order valence-corrected chi connectivity index (χ3v) is 0.713. The predicted octanol–water partition coefficient (Wildman–Crippen LogP) is -0.109. The Morgan fingerprint density at radius 1 is 2.00 bits per heavy atom.